The number of hydrogen-bond donors (Lipinski definition) is 0. The molecule has 0 aromatic heterocycles. The maximum atomic E-state index is 13.1. The molecule has 31 heavy (non-hydrogen) atoms. The number of alkyl halides is 3. The van der Waals surface area contributed by atoms with Gasteiger partial charge in [0.1, 0.15) is 0 Å². The van der Waals surface area contributed by atoms with Gasteiger partial charge in [-0.3, -0.25) is 4.79 Å². The quantitative estimate of drug-likeness (QED) is 0.643. The van der Waals surface area contributed by atoms with E-state index in [0.29, 0.717) is 34.4 Å². The van der Waals surface area contributed by atoms with Crippen LogP contribution in [0.1, 0.15) is 63.4 Å². The number of benzene rings is 1. The molecule has 0 spiro atoms. The number of amides is 1. The van der Waals surface area contributed by atoms with E-state index in [2.05, 4.69) is 20.8 Å². The summed E-state index contributed by atoms with van der Waals surface area (Å²) in [6, 6.07) is 5.33. The highest BCUT2D eigenvalue weighted by molar-refractivity contribution is 7.89. The number of piperidine rings is 1. The maximum Gasteiger partial charge on any atom is 0.511 e. The van der Waals surface area contributed by atoms with Gasteiger partial charge in [0.2, 0.25) is 0 Å². The predicted molar refractivity (Wildman–Crippen MR) is 113 cm³/mol. The number of hydrogen-bond acceptors (Lipinski definition) is 3. The summed E-state index contributed by atoms with van der Waals surface area (Å²) in [4.78, 5) is 15.0. The van der Waals surface area contributed by atoms with E-state index in [-0.39, 0.29) is 16.7 Å². The first-order valence-corrected chi connectivity index (χ1v) is 12.0. The predicted octanol–water partition coefficient (Wildman–Crippen LogP) is 4.64. The molecular weight excluding hydrogens is 429 g/mol. The third-order valence-corrected chi connectivity index (χ3v) is 9.36. The SMILES string of the molecule is CC(C)N(Cc1ccc(C(=O)N2CC3CCC(C)(C2)C3(C)C)cc1)S(=O)(=O)C(F)(F)F. The van der Waals surface area contributed by atoms with Crippen LogP contribution in [0.25, 0.3) is 0 Å². The summed E-state index contributed by atoms with van der Waals surface area (Å²) in [6.45, 7) is 10.6. The molecule has 2 atom stereocenters. The largest absolute Gasteiger partial charge is 0.511 e. The summed E-state index contributed by atoms with van der Waals surface area (Å²) in [5.41, 5.74) is -4.26. The molecule has 0 N–H and O–H groups in total. The Balaban J connectivity index is 1.75. The Morgan fingerprint density at radius 3 is 2.26 bits per heavy atom. The molecule has 1 heterocycles. The average molecular weight is 461 g/mol. The van der Waals surface area contributed by atoms with Crippen molar-refractivity contribution in [3.05, 3.63) is 35.4 Å². The molecule has 2 fully saturated rings. The van der Waals surface area contributed by atoms with Crippen molar-refractivity contribution >= 4 is 15.9 Å². The zero-order chi connectivity index (χ0) is 23.4. The fraction of sp³-hybridized carbons (Fsp3) is 0.682. The lowest BCUT2D eigenvalue weighted by Crippen LogP contribution is -2.53. The summed E-state index contributed by atoms with van der Waals surface area (Å²) >= 11 is 0. The number of likely N-dealkylation sites (tertiary alicyclic amines) is 1. The Morgan fingerprint density at radius 2 is 1.77 bits per heavy atom. The minimum Gasteiger partial charge on any atom is -0.338 e. The van der Waals surface area contributed by atoms with E-state index in [0.717, 1.165) is 12.8 Å². The highest BCUT2D eigenvalue weighted by Crippen LogP contribution is 2.59. The van der Waals surface area contributed by atoms with E-state index in [1.807, 2.05) is 4.90 Å². The standard InChI is InChI=1S/C22H31F3N2O3S/c1-15(2)27(31(29,30)22(23,24)25)12-16-6-8-17(9-7-16)19(28)26-13-18-10-11-21(5,14-26)20(18,3)4/h6-9,15,18H,10-14H2,1-5H3. The van der Waals surface area contributed by atoms with Crippen molar-refractivity contribution in [1.82, 2.24) is 9.21 Å². The topological polar surface area (TPSA) is 57.7 Å². The van der Waals surface area contributed by atoms with Crippen LogP contribution >= 0.6 is 0 Å². The number of fused-ring (bicyclic) bond motifs is 2. The molecule has 5 nitrogen and oxygen atoms in total. The molecule has 1 saturated carbocycles. The molecule has 1 aliphatic heterocycles. The first-order valence-electron chi connectivity index (χ1n) is 10.6. The Kier molecular flexibility index (Phi) is 6.02. The zero-order valence-corrected chi connectivity index (χ0v) is 19.5. The van der Waals surface area contributed by atoms with Crippen molar-refractivity contribution in [2.45, 2.75) is 65.6 Å². The van der Waals surface area contributed by atoms with Crippen molar-refractivity contribution in [2.75, 3.05) is 13.1 Å². The van der Waals surface area contributed by atoms with Gasteiger partial charge < -0.3 is 4.90 Å². The van der Waals surface area contributed by atoms with Crippen LogP contribution in [0.4, 0.5) is 13.2 Å². The molecule has 1 aromatic rings. The van der Waals surface area contributed by atoms with Gasteiger partial charge in [0.25, 0.3) is 5.91 Å². The highest BCUT2D eigenvalue weighted by atomic mass is 32.2. The van der Waals surface area contributed by atoms with Crippen LogP contribution in [0.2, 0.25) is 0 Å². The van der Waals surface area contributed by atoms with E-state index in [1.165, 1.54) is 26.0 Å². The number of rotatable bonds is 5. The molecule has 1 saturated heterocycles. The van der Waals surface area contributed by atoms with Crippen LogP contribution in [0.3, 0.4) is 0 Å². The lowest BCUT2D eigenvalue weighted by Gasteiger charge is -2.50. The molecule has 174 valence electrons. The van der Waals surface area contributed by atoms with Crippen molar-refractivity contribution in [3.63, 3.8) is 0 Å². The fourth-order valence-corrected chi connectivity index (χ4v) is 6.11. The number of carbonyl (C=O) groups is 1. The number of sulfonamides is 1. The van der Waals surface area contributed by atoms with Crippen molar-refractivity contribution in [2.24, 2.45) is 16.7 Å². The van der Waals surface area contributed by atoms with Crippen LogP contribution in [-0.2, 0) is 16.6 Å². The van der Waals surface area contributed by atoms with Gasteiger partial charge in [0.05, 0.1) is 0 Å². The van der Waals surface area contributed by atoms with E-state index in [9.17, 15) is 26.4 Å². The second kappa shape index (κ2) is 7.76. The zero-order valence-electron chi connectivity index (χ0n) is 18.7. The molecule has 1 aliphatic carbocycles. The summed E-state index contributed by atoms with van der Waals surface area (Å²) in [5, 5.41) is 0. The molecule has 2 aliphatic rings. The third-order valence-electron chi connectivity index (χ3n) is 7.61. The van der Waals surface area contributed by atoms with Crippen molar-refractivity contribution in [1.29, 1.82) is 0 Å². The van der Waals surface area contributed by atoms with Gasteiger partial charge in [0.15, 0.2) is 0 Å². The molecular formula is C22H31F3N2O3S. The van der Waals surface area contributed by atoms with Crippen LogP contribution in [0.5, 0.6) is 0 Å². The van der Waals surface area contributed by atoms with Crippen LogP contribution < -0.4 is 0 Å². The lowest BCUT2D eigenvalue weighted by atomic mass is 9.63. The van der Waals surface area contributed by atoms with E-state index in [4.69, 9.17) is 0 Å². The summed E-state index contributed by atoms with van der Waals surface area (Å²) in [5.74, 6) is 0.352. The second-order valence-corrected chi connectivity index (χ2v) is 11.9. The van der Waals surface area contributed by atoms with Crippen LogP contribution in [0.15, 0.2) is 24.3 Å². The van der Waals surface area contributed by atoms with Gasteiger partial charge in [-0.25, -0.2) is 8.42 Å². The highest BCUT2D eigenvalue weighted by Gasteiger charge is 2.56. The minimum atomic E-state index is -5.44. The summed E-state index contributed by atoms with van der Waals surface area (Å²) in [7, 11) is -5.44. The fourth-order valence-electron chi connectivity index (χ4n) is 4.97. The van der Waals surface area contributed by atoms with Crippen LogP contribution in [0, 0.1) is 16.7 Å². The van der Waals surface area contributed by atoms with Gasteiger partial charge in [0, 0.05) is 31.2 Å². The molecule has 9 heteroatoms. The van der Waals surface area contributed by atoms with E-state index < -0.39 is 28.1 Å². The molecule has 2 bridgehead atoms. The maximum absolute atomic E-state index is 13.1. The third kappa shape index (κ3) is 4.11. The molecule has 1 amide bonds. The normalized spacial score (nSPS) is 26.0. The number of nitrogens with zero attached hydrogens (tertiary/aromatic N) is 2. The smallest absolute Gasteiger partial charge is 0.338 e. The average Bonchev–Trinajstić information content (AvgIpc) is 2.80. The number of halogens is 3. The van der Waals surface area contributed by atoms with Gasteiger partial charge in [-0.05, 0) is 61.1 Å². The molecule has 3 rings (SSSR count). The first-order chi connectivity index (χ1) is 14.1. The minimum absolute atomic E-state index is 0.0647. The van der Waals surface area contributed by atoms with E-state index >= 15 is 0 Å². The molecule has 1 aromatic carbocycles. The second-order valence-electron chi connectivity index (χ2n) is 9.99. The Labute approximate surface area is 182 Å². The van der Waals surface area contributed by atoms with Gasteiger partial charge in [-0.1, -0.05) is 32.9 Å². The Hall–Kier alpha value is -1.61. The van der Waals surface area contributed by atoms with Gasteiger partial charge >= 0.3 is 15.5 Å². The lowest BCUT2D eigenvalue weighted by molar-refractivity contribution is -0.0500. The van der Waals surface area contributed by atoms with Crippen LogP contribution in [-0.4, -0.2) is 48.2 Å². The van der Waals surface area contributed by atoms with Crippen molar-refractivity contribution < 1.29 is 26.4 Å². The summed E-state index contributed by atoms with van der Waals surface area (Å²) in [6.07, 6.45) is 2.19. The monoisotopic (exact) mass is 460 g/mol. The molecule has 0 radical (unpaired) electrons. The molecule has 2 unspecified atom stereocenters. The number of carbonyl (C=O) groups excluding carboxylic acids is 1. The van der Waals surface area contributed by atoms with Gasteiger partial charge in [-0.15, -0.1) is 0 Å². The first kappa shape index (κ1) is 24.0. The summed E-state index contributed by atoms with van der Waals surface area (Å²) < 4.78 is 63.2. The Morgan fingerprint density at radius 1 is 1.19 bits per heavy atom. The Bertz CT molecular complexity index is 942. The van der Waals surface area contributed by atoms with Gasteiger partial charge in [-0.2, -0.15) is 17.5 Å². The van der Waals surface area contributed by atoms with Crippen molar-refractivity contribution in [3.8, 4) is 0 Å². The van der Waals surface area contributed by atoms with E-state index in [1.54, 1.807) is 12.1 Å².